The van der Waals surface area contributed by atoms with E-state index in [1.165, 1.54) is 0 Å². The maximum atomic E-state index is 12.5. The Hall–Kier alpha value is -2.05. The second kappa shape index (κ2) is 9.63. The Bertz CT molecular complexity index is 766. The van der Waals surface area contributed by atoms with Gasteiger partial charge in [0.25, 0.3) is 0 Å². The van der Waals surface area contributed by atoms with Crippen molar-refractivity contribution in [1.82, 2.24) is 4.90 Å². The summed E-state index contributed by atoms with van der Waals surface area (Å²) in [6.45, 7) is 6.06. The average molecular weight is 417 g/mol. The Morgan fingerprint density at radius 1 is 1.24 bits per heavy atom. The van der Waals surface area contributed by atoms with Gasteiger partial charge < -0.3 is 19.6 Å². The van der Waals surface area contributed by atoms with E-state index in [0.717, 1.165) is 23.5 Å². The van der Waals surface area contributed by atoms with Gasteiger partial charge in [-0.3, -0.25) is 4.79 Å². The number of likely N-dealkylation sites (tertiary alicyclic amines) is 1. The minimum absolute atomic E-state index is 0.159. The highest BCUT2D eigenvalue weighted by Gasteiger charge is 2.33. The number of anilines is 1. The molecule has 1 aromatic heterocycles. The summed E-state index contributed by atoms with van der Waals surface area (Å²) in [7, 11) is 2.04. The van der Waals surface area contributed by atoms with Gasteiger partial charge in [-0.25, -0.2) is 0 Å². The number of ether oxygens (including phenoxy) is 1. The van der Waals surface area contributed by atoms with Crippen LogP contribution in [0.3, 0.4) is 0 Å². The molecule has 0 atom stereocenters. The fraction of sp³-hybridized carbons (Fsp3) is 0.522. The third-order valence-electron chi connectivity index (χ3n) is 5.54. The highest BCUT2D eigenvalue weighted by Crippen LogP contribution is 2.28. The number of hydrogen-bond acceptors (Lipinski definition) is 5. The van der Waals surface area contributed by atoms with Gasteiger partial charge in [0, 0.05) is 32.4 Å². The summed E-state index contributed by atoms with van der Waals surface area (Å²) < 4.78 is 5.69. The molecule has 29 heavy (non-hydrogen) atoms. The van der Waals surface area contributed by atoms with Gasteiger partial charge in [-0.1, -0.05) is 0 Å². The van der Waals surface area contributed by atoms with Gasteiger partial charge in [0.1, 0.15) is 5.75 Å². The molecular weight excluding hydrogens is 384 g/mol. The maximum Gasteiger partial charge on any atom is 0.227 e. The van der Waals surface area contributed by atoms with Crippen molar-refractivity contribution in [1.29, 1.82) is 0 Å². The smallest absolute Gasteiger partial charge is 0.227 e. The van der Waals surface area contributed by atoms with Crippen LogP contribution in [0, 0.1) is 0 Å². The van der Waals surface area contributed by atoms with Gasteiger partial charge in [-0.15, -0.1) is 0 Å². The summed E-state index contributed by atoms with van der Waals surface area (Å²) in [5, 5.41) is 15.0. The Balaban J connectivity index is 1.45. The van der Waals surface area contributed by atoms with E-state index < -0.39 is 5.60 Å². The Morgan fingerprint density at radius 2 is 1.93 bits per heavy atom. The van der Waals surface area contributed by atoms with Crippen LogP contribution in [0.2, 0.25) is 0 Å². The number of piperidine rings is 1. The van der Waals surface area contributed by atoms with Crippen LogP contribution >= 0.6 is 11.3 Å². The summed E-state index contributed by atoms with van der Waals surface area (Å²) in [5.74, 6) is 1.03. The lowest BCUT2D eigenvalue weighted by Crippen LogP contribution is -2.48. The van der Waals surface area contributed by atoms with E-state index in [2.05, 4.69) is 4.90 Å². The molecule has 1 N–H and O–H groups in total. The summed E-state index contributed by atoms with van der Waals surface area (Å²) in [5.41, 5.74) is 1.48. The van der Waals surface area contributed by atoms with Gasteiger partial charge in [0.2, 0.25) is 5.91 Å². The highest BCUT2D eigenvalue weighted by molar-refractivity contribution is 7.08. The van der Waals surface area contributed by atoms with Crippen molar-refractivity contribution in [2.45, 2.75) is 51.2 Å². The topological polar surface area (TPSA) is 53.0 Å². The normalized spacial score (nSPS) is 16.1. The number of hydrogen-bond donors (Lipinski definition) is 1. The van der Waals surface area contributed by atoms with E-state index >= 15 is 0 Å². The van der Waals surface area contributed by atoms with Crippen LogP contribution in [-0.2, 0) is 11.2 Å². The van der Waals surface area contributed by atoms with E-state index in [1.54, 1.807) is 11.3 Å². The zero-order valence-electron chi connectivity index (χ0n) is 17.6. The lowest BCUT2D eigenvalue weighted by Gasteiger charge is -2.39. The van der Waals surface area contributed by atoms with E-state index in [1.807, 2.05) is 66.9 Å². The van der Waals surface area contributed by atoms with Gasteiger partial charge in [0.15, 0.2) is 0 Å². The molecule has 1 aromatic carbocycles. The molecule has 1 aliphatic heterocycles. The number of benzene rings is 1. The number of carbonyl (C=O) groups is 1. The molecule has 2 aromatic rings. The summed E-state index contributed by atoms with van der Waals surface area (Å²) in [4.78, 5) is 16.5. The molecule has 0 aliphatic carbocycles. The fourth-order valence-corrected chi connectivity index (χ4v) is 4.33. The van der Waals surface area contributed by atoms with E-state index in [4.69, 9.17) is 4.74 Å². The zero-order valence-corrected chi connectivity index (χ0v) is 18.5. The van der Waals surface area contributed by atoms with Crippen LogP contribution in [0.25, 0.3) is 0 Å². The first-order valence-corrected chi connectivity index (χ1v) is 11.3. The second-order valence-corrected chi connectivity index (χ2v) is 9.03. The monoisotopic (exact) mass is 416 g/mol. The molecule has 158 valence electrons. The Morgan fingerprint density at radius 3 is 2.52 bits per heavy atom. The van der Waals surface area contributed by atoms with Gasteiger partial charge in [-0.05, 0) is 79.8 Å². The lowest BCUT2D eigenvalue weighted by atomic mass is 9.88. The fourth-order valence-electron chi connectivity index (χ4n) is 3.66. The highest BCUT2D eigenvalue weighted by atomic mass is 32.1. The van der Waals surface area contributed by atoms with Crippen LogP contribution in [0.5, 0.6) is 5.75 Å². The van der Waals surface area contributed by atoms with Crippen LogP contribution in [0.4, 0.5) is 5.69 Å². The predicted molar refractivity (Wildman–Crippen MR) is 119 cm³/mol. The van der Waals surface area contributed by atoms with Crippen LogP contribution in [0.15, 0.2) is 41.1 Å². The number of aliphatic hydroxyl groups is 1. The van der Waals surface area contributed by atoms with Gasteiger partial charge in [-0.2, -0.15) is 11.3 Å². The second-order valence-electron chi connectivity index (χ2n) is 8.25. The molecule has 0 unspecified atom stereocenters. The van der Waals surface area contributed by atoms with Crippen molar-refractivity contribution < 1.29 is 14.6 Å². The predicted octanol–water partition coefficient (Wildman–Crippen LogP) is 3.96. The first-order valence-electron chi connectivity index (χ1n) is 10.3. The van der Waals surface area contributed by atoms with Crippen LogP contribution < -0.4 is 9.64 Å². The zero-order chi connectivity index (χ0) is 20.9. The molecular formula is C23H32N2O3S. The number of amides is 1. The molecule has 6 heteroatoms. The third-order valence-corrected chi connectivity index (χ3v) is 6.28. The SMILES string of the molecule is CC(C)Oc1ccc(N(C)CCC2(O)CCN(C(=O)Cc3ccsc3)CC2)cc1. The van der Waals surface area contributed by atoms with Gasteiger partial charge >= 0.3 is 0 Å². The van der Waals surface area contributed by atoms with E-state index in [0.29, 0.717) is 38.8 Å². The molecule has 1 amide bonds. The van der Waals surface area contributed by atoms with Crippen LogP contribution in [0.1, 0.15) is 38.7 Å². The molecule has 5 nitrogen and oxygen atoms in total. The summed E-state index contributed by atoms with van der Waals surface area (Å²) in [6.07, 6.45) is 2.59. The average Bonchev–Trinajstić information content (AvgIpc) is 3.20. The van der Waals surface area contributed by atoms with Crippen molar-refractivity contribution in [2.24, 2.45) is 0 Å². The first kappa shape index (κ1) is 21.7. The molecule has 1 aliphatic rings. The van der Waals surface area contributed by atoms with Crippen LogP contribution in [-0.4, -0.2) is 54.3 Å². The molecule has 1 saturated heterocycles. The molecule has 1 fully saturated rings. The quantitative estimate of drug-likeness (QED) is 0.708. The first-order chi connectivity index (χ1) is 13.8. The van der Waals surface area contributed by atoms with Crippen molar-refractivity contribution in [3.8, 4) is 5.75 Å². The summed E-state index contributed by atoms with van der Waals surface area (Å²) in [6, 6.07) is 10.1. The van der Waals surface area contributed by atoms with E-state index in [9.17, 15) is 9.90 Å². The number of carbonyl (C=O) groups excluding carboxylic acids is 1. The lowest BCUT2D eigenvalue weighted by molar-refractivity contribution is -0.134. The standard InChI is InChI=1S/C23H32N2O3S/c1-18(2)28-21-6-4-20(5-7-21)24(3)12-9-23(27)10-13-25(14-11-23)22(26)16-19-8-15-29-17-19/h4-8,15,17-18,27H,9-14,16H2,1-3H3. The largest absolute Gasteiger partial charge is 0.491 e. The number of nitrogens with zero attached hydrogens (tertiary/aromatic N) is 2. The molecule has 0 bridgehead atoms. The number of thiophene rings is 1. The number of rotatable bonds is 8. The maximum absolute atomic E-state index is 12.5. The van der Waals surface area contributed by atoms with E-state index in [-0.39, 0.29) is 12.0 Å². The Labute approximate surface area is 177 Å². The Kier molecular flexibility index (Phi) is 7.19. The summed E-state index contributed by atoms with van der Waals surface area (Å²) >= 11 is 1.62. The van der Waals surface area contributed by atoms with Crippen molar-refractivity contribution in [3.05, 3.63) is 46.7 Å². The van der Waals surface area contributed by atoms with Crippen molar-refractivity contribution in [2.75, 3.05) is 31.6 Å². The third kappa shape index (κ3) is 6.21. The molecule has 0 radical (unpaired) electrons. The minimum atomic E-state index is -0.700. The van der Waals surface area contributed by atoms with Crippen molar-refractivity contribution >= 4 is 22.9 Å². The molecule has 2 heterocycles. The van der Waals surface area contributed by atoms with Gasteiger partial charge in [0.05, 0.1) is 18.1 Å². The molecule has 0 saturated carbocycles. The molecule has 3 rings (SSSR count). The van der Waals surface area contributed by atoms with Crippen molar-refractivity contribution in [3.63, 3.8) is 0 Å². The molecule has 0 spiro atoms. The minimum Gasteiger partial charge on any atom is -0.491 e.